The van der Waals surface area contributed by atoms with Gasteiger partial charge in [0.2, 0.25) is 9.84 Å². The number of halogens is 6. The van der Waals surface area contributed by atoms with Crippen molar-refractivity contribution in [1.82, 2.24) is 0 Å². The Morgan fingerprint density at radius 1 is 0.808 bits per heavy atom. The third-order valence-electron chi connectivity index (χ3n) is 5.65. The van der Waals surface area contributed by atoms with Gasteiger partial charge in [0.1, 0.15) is 6.10 Å². The standard InChI is InChI=1S/C15H16O.C8H8O.C6H7N.C2H3F3O2S.CF3O2S.CH3.2O.2Zr/c16-15(14-9-5-2-6-10-14)12-11-13-7-3-1-4-8-13;1-2-4-7(5-3-1)8-6-9-8;7-6-4-2-1-3-5-6;1-8(6,7)2(3,4)5;2-1(3,4)7(5)6;;;;;/h1-10,15-16H,11-12H2;1-5,8H,6H2;1-5H,7H2;1H3;;1H3;;;;/q;;;;2*-1;;;;+2. The van der Waals surface area contributed by atoms with E-state index in [1.807, 2.05) is 97.1 Å². The van der Waals surface area contributed by atoms with Gasteiger partial charge in [-0.15, -0.1) is 0 Å². The Hall–Kier alpha value is -2.55. The van der Waals surface area contributed by atoms with E-state index >= 15 is 0 Å². The van der Waals surface area contributed by atoms with Gasteiger partial charge >= 0.3 is 66.1 Å². The SMILES string of the molecule is CS(=O)(=O)C(F)(F)F.Nc1ccccc1.O=[S-](=O)C(F)(F)F.OC(CCc1ccccc1)c1ccccc1.[CH3-].[O]=[Zr+2].[O]=[Zr].c1ccc(C2CO2)cc1. The van der Waals surface area contributed by atoms with Gasteiger partial charge in [-0.25, -0.2) is 8.42 Å². The predicted octanol–water partition coefficient (Wildman–Crippen LogP) is 7.95. The number of alkyl halides is 6. The largest absolute Gasteiger partial charge is 0.368 e. The summed E-state index contributed by atoms with van der Waals surface area (Å²) in [5.41, 5.74) is -0.417. The summed E-state index contributed by atoms with van der Waals surface area (Å²) in [6.07, 6.45) is 1.85. The summed E-state index contributed by atoms with van der Waals surface area (Å²) in [5, 5.41) is 9.98. The molecule has 1 fully saturated rings. The molecule has 0 spiro atoms. The summed E-state index contributed by atoms with van der Waals surface area (Å²) < 4.78 is 123. The number of sulfone groups is 1. The average Bonchev–Trinajstić information content (AvgIpc) is 3.97. The van der Waals surface area contributed by atoms with E-state index in [2.05, 4.69) is 24.3 Å². The topological polar surface area (TPSA) is 161 Å². The first-order valence-corrected chi connectivity index (χ1v) is 19.0. The number of epoxide rings is 1. The first kappa shape index (κ1) is 53.8. The van der Waals surface area contributed by atoms with Crippen molar-refractivity contribution in [2.24, 2.45) is 0 Å². The van der Waals surface area contributed by atoms with Gasteiger partial charge in [-0.3, -0.25) is 0 Å². The van der Waals surface area contributed by atoms with Crippen molar-refractivity contribution in [2.75, 3.05) is 18.6 Å². The smallest absolute Gasteiger partial charge is 0.106 e. The van der Waals surface area contributed by atoms with E-state index in [0.717, 1.165) is 30.7 Å². The van der Waals surface area contributed by atoms with Crippen LogP contribution < -0.4 is 5.73 Å². The Morgan fingerprint density at radius 2 is 1.13 bits per heavy atom. The molecule has 0 aliphatic carbocycles. The van der Waals surface area contributed by atoms with E-state index in [0.29, 0.717) is 55.6 Å². The van der Waals surface area contributed by atoms with Crippen molar-refractivity contribution >= 4 is 26.2 Å². The van der Waals surface area contributed by atoms with Crippen LogP contribution in [0.4, 0.5) is 32.0 Å². The molecule has 4 aromatic rings. The van der Waals surface area contributed by atoms with E-state index in [1.165, 1.54) is 11.1 Å². The fourth-order valence-corrected chi connectivity index (χ4v) is 3.15. The second-order valence-corrected chi connectivity index (χ2v) is 12.4. The Labute approximate surface area is 332 Å². The molecule has 1 heterocycles. The molecule has 4 aromatic carbocycles. The number of anilines is 1. The Morgan fingerprint density at radius 3 is 1.42 bits per heavy atom. The number of nitrogen functional groups attached to an aromatic ring is 1. The van der Waals surface area contributed by atoms with Gasteiger partial charge in [-0.05, 0) is 41.7 Å². The van der Waals surface area contributed by atoms with Crippen molar-refractivity contribution in [3.63, 3.8) is 0 Å². The van der Waals surface area contributed by atoms with Crippen LogP contribution in [0.5, 0.6) is 0 Å². The molecule has 52 heavy (non-hydrogen) atoms. The molecule has 0 aromatic heterocycles. The number of hydrogen-bond donors (Lipinski definition) is 2. The third kappa shape index (κ3) is 28.0. The summed E-state index contributed by atoms with van der Waals surface area (Å²) in [5.74, 6) is 0. The van der Waals surface area contributed by atoms with Crippen LogP contribution >= 0.6 is 0 Å². The molecule has 0 bridgehead atoms. The zero-order valence-electron chi connectivity index (χ0n) is 27.8. The van der Waals surface area contributed by atoms with Crippen molar-refractivity contribution in [3.8, 4) is 0 Å². The molecule has 0 radical (unpaired) electrons. The van der Waals surface area contributed by atoms with Crippen LogP contribution in [0.2, 0.25) is 0 Å². The number of para-hydroxylation sites is 1. The number of aryl methyl sites for hydroxylation is 1. The van der Waals surface area contributed by atoms with Gasteiger partial charge in [0.05, 0.1) is 12.7 Å². The second kappa shape index (κ2) is 29.8. The molecule has 3 N–H and O–H groups in total. The summed E-state index contributed by atoms with van der Waals surface area (Å²) in [6, 6.07) is 39.9. The minimum atomic E-state index is -5.09. The van der Waals surface area contributed by atoms with Gasteiger partial charge in [0.15, 0.2) is 0 Å². The summed E-state index contributed by atoms with van der Waals surface area (Å²) in [7, 11) is -8.77. The molecule has 5 rings (SSSR count). The summed E-state index contributed by atoms with van der Waals surface area (Å²) >= 11 is 0.600. The van der Waals surface area contributed by atoms with Crippen LogP contribution in [0.1, 0.15) is 35.3 Å². The van der Waals surface area contributed by atoms with Crippen molar-refractivity contribution < 1.29 is 108 Å². The number of nitrogens with two attached hydrogens (primary N) is 1. The fourth-order valence-electron chi connectivity index (χ4n) is 3.15. The van der Waals surface area contributed by atoms with Gasteiger partial charge in [0.25, 0.3) is 0 Å². The minimum Gasteiger partial charge on any atom is -0.368 e. The Kier molecular flexibility index (Phi) is 30.9. The number of aliphatic hydroxyl groups is 1. The molecule has 2 unspecified atom stereocenters. The monoisotopic (exact) mass is 933 g/mol. The molecule has 1 aliphatic heterocycles. The zero-order chi connectivity index (χ0) is 39.5. The van der Waals surface area contributed by atoms with Crippen LogP contribution in [-0.2, 0) is 95.2 Å². The van der Waals surface area contributed by atoms with Crippen LogP contribution in [0.25, 0.3) is 0 Å². The number of hydrogen-bond acceptors (Lipinski definition) is 10. The molecule has 1 saturated heterocycles. The maximum Gasteiger partial charge on any atom is 0.106 e. The maximum atomic E-state index is 11.0. The number of ether oxygens (including phenoxy) is 1. The Bertz CT molecular complexity index is 1630. The zero-order valence-corrected chi connectivity index (χ0v) is 34.3. The maximum absolute atomic E-state index is 11.0. The number of benzene rings is 4. The molecule has 2 atom stereocenters. The minimum absolute atomic E-state index is 0. The first-order valence-electron chi connectivity index (χ1n) is 14.0. The van der Waals surface area contributed by atoms with E-state index in [9.17, 15) is 39.9 Å². The molecule has 0 amide bonds. The molecular formula is C33H37F6NO8S2Zr2. The van der Waals surface area contributed by atoms with Gasteiger partial charge in [0, 0.05) is 22.6 Å². The first-order chi connectivity index (χ1) is 23.9. The van der Waals surface area contributed by atoms with E-state index < -0.39 is 31.6 Å². The van der Waals surface area contributed by atoms with Crippen LogP contribution in [-0.4, -0.2) is 37.4 Å². The molecule has 19 heteroatoms. The molecular weight excluding hydrogens is 899 g/mol. The average molecular weight is 936 g/mol. The van der Waals surface area contributed by atoms with E-state index in [1.54, 1.807) is 0 Å². The number of rotatable bonds is 5. The van der Waals surface area contributed by atoms with Gasteiger partial charge in [-0.2, -0.15) is 26.3 Å². The van der Waals surface area contributed by atoms with Gasteiger partial charge in [-0.1, -0.05) is 109 Å². The quantitative estimate of drug-likeness (QED) is 0.0666. The molecule has 1 aliphatic rings. The molecule has 284 valence electrons. The predicted molar refractivity (Wildman–Crippen MR) is 176 cm³/mol. The van der Waals surface area contributed by atoms with Crippen molar-refractivity contribution in [1.29, 1.82) is 0 Å². The van der Waals surface area contributed by atoms with Gasteiger partial charge < -0.3 is 31.4 Å². The molecule has 9 nitrogen and oxygen atoms in total. The van der Waals surface area contributed by atoms with Crippen LogP contribution in [0.3, 0.4) is 0 Å². The summed E-state index contributed by atoms with van der Waals surface area (Å²) in [4.78, 5) is 0. The number of aliphatic hydroxyl groups excluding tert-OH is 1. The second-order valence-electron chi connectivity index (χ2n) is 9.49. The third-order valence-corrected chi connectivity index (χ3v) is 6.87. The fraction of sp³-hybridized carbons (Fsp3) is 0.242. The van der Waals surface area contributed by atoms with Crippen LogP contribution in [0.15, 0.2) is 121 Å². The van der Waals surface area contributed by atoms with E-state index in [4.69, 9.17) is 24.5 Å². The molecule has 0 saturated carbocycles. The van der Waals surface area contributed by atoms with Crippen molar-refractivity contribution in [2.45, 2.75) is 36.1 Å². The van der Waals surface area contributed by atoms with E-state index in [-0.39, 0.29) is 19.8 Å². The summed E-state index contributed by atoms with van der Waals surface area (Å²) in [6.45, 7) is 0.907. The van der Waals surface area contributed by atoms with Crippen molar-refractivity contribution in [3.05, 3.63) is 145 Å². The normalized spacial score (nSPS) is 13.1. The Balaban J connectivity index is -0.000000584. The van der Waals surface area contributed by atoms with Crippen LogP contribution in [0, 0.1) is 7.43 Å².